The van der Waals surface area contributed by atoms with E-state index in [0.29, 0.717) is 0 Å². The molecule has 3 aromatic rings. The number of hydrogen-bond donors (Lipinski definition) is 1. The summed E-state index contributed by atoms with van der Waals surface area (Å²) in [6, 6.07) is 31.7. The van der Waals surface area contributed by atoms with Gasteiger partial charge >= 0.3 is 0 Å². The molecule has 10 nitrogen and oxygen atoms in total. The molecule has 0 radical (unpaired) electrons. The average Bonchev–Trinajstić information content (AvgIpc) is 2.88. The molecule has 0 atom stereocenters. The molecule has 0 saturated heterocycles. The number of benzene rings is 3. The maximum absolute atomic E-state index is 10.1. The van der Waals surface area contributed by atoms with Crippen molar-refractivity contribution in [3.05, 3.63) is 108 Å². The van der Waals surface area contributed by atoms with Crippen LogP contribution in [0, 0.1) is 0 Å². The molecule has 0 amide bonds. The van der Waals surface area contributed by atoms with Crippen molar-refractivity contribution < 1.29 is 48.3 Å². The fourth-order valence-corrected chi connectivity index (χ4v) is 4.08. The van der Waals surface area contributed by atoms with E-state index in [1.165, 1.54) is 16.7 Å². The standard InChI is InChI=1S/3C10H16N.C6H8O7/c3*1-11(2,3)9-10-7-5-4-6-8-10;7-3(8)1-6(13,5(11)12)2-4(9)10/h3*4-8H,9H2,1-3H3;13H,1-2H2,(H,7,8)(H,9,10)(H,11,12)/q3*+1;/p-3. The van der Waals surface area contributed by atoms with Crippen molar-refractivity contribution in [2.75, 3.05) is 63.4 Å². The van der Waals surface area contributed by atoms with Crippen molar-refractivity contribution in [1.29, 1.82) is 0 Å². The van der Waals surface area contributed by atoms with E-state index in [1.54, 1.807) is 0 Å². The molecule has 0 saturated carbocycles. The number of nitrogens with zero attached hydrogens (tertiary/aromatic N) is 3. The summed E-state index contributed by atoms with van der Waals surface area (Å²) in [6.45, 7) is 3.29. The first-order valence-corrected chi connectivity index (χ1v) is 14.9. The Hall–Kier alpha value is -4.09. The van der Waals surface area contributed by atoms with Crippen LogP contribution in [0.5, 0.6) is 0 Å². The van der Waals surface area contributed by atoms with Crippen LogP contribution in [0.4, 0.5) is 0 Å². The SMILES string of the molecule is C[N+](C)(C)Cc1ccccc1.C[N+](C)(C)Cc1ccccc1.C[N+](C)(C)Cc1ccccc1.O=C([O-])CC(O)(CC(=O)[O-])C(=O)[O-]. The molecule has 0 fully saturated rings. The molecule has 0 heterocycles. The lowest BCUT2D eigenvalue weighted by Crippen LogP contribution is -2.54. The molecule has 254 valence electrons. The number of quaternary nitrogens is 3. The quantitative estimate of drug-likeness (QED) is 0.300. The zero-order valence-electron chi connectivity index (χ0n) is 28.9. The Morgan fingerprint density at radius 2 is 0.717 bits per heavy atom. The van der Waals surface area contributed by atoms with Gasteiger partial charge in [-0.2, -0.15) is 0 Å². The van der Waals surface area contributed by atoms with Gasteiger partial charge in [0.25, 0.3) is 0 Å². The predicted molar refractivity (Wildman–Crippen MR) is 174 cm³/mol. The van der Waals surface area contributed by atoms with Crippen molar-refractivity contribution in [2.45, 2.75) is 38.1 Å². The van der Waals surface area contributed by atoms with Gasteiger partial charge in [0.15, 0.2) is 0 Å². The highest BCUT2D eigenvalue weighted by atomic mass is 16.4. The normalized spacial score (nSPS) is 11.3. The van der Waals surface area contributed by atoms with E-state index < -0.39 is 36.4 Å². The predicted octanol–water partition coefficient (Wildman–Crippen LogP) is 0.426. The van der Waals surface area contributed by atoms with Gasteiger partial charge in [-0.3, -0.25) is 0 Å². The van der Waals surface area contributed by atoms with Crippen LogP contribution >= 0.6 is 0 Å². The van der Waals surface area contributed by atoms with Gasteiger partial charge in [-0.25, -0.2) is 0 Å². The fraction of sp³-hybridized carbons (Fsp3) is 0.417. The number of aliphatic carboxylic acids is 3. The minimum atomic E-state index is -2.97. The van der Waals surface area contributed by atoms with E-state index in [9.17, 15) is 29.7 Å². The second-order valence-corrected chi connectivity index (χ2v) is 14.2. The van der Waals surface area contributed by atoms with Crippen molar-refractivity contribution in [3.8, 4) is 0 Å². The molecule has 0 aliphatic rings. The molecule has 46 heavy (non-hydrogen) atoms. The molecule has 0 aliphatic heterocycles. The average molecular weight is 640 g/mol. The molecule has 0 bridgehead atoms. The van der Waals surface area contributed by atoms with E-state index in [2.05, 4.69) is 154 Å². The number of carboxylic acid groups (broad SMARTS) is 3. The third kappa shape index (κ3) is 23.3. The highest BCUT2D eigenvalue weighted by Gasteiger charge is 2.29. The summed E-state index contributed by atoms with van der Waals surface area (Å²) in [5.74, 6) is -5.98. The van der Waals surface area contributed by atoms with Crippen LogP contribution in [-0.4, -0.2) is 105 Å². The Balaban J connectivity index is 0.000000588. The van der Waals surface area contributed by atoms with Gasteiger partial charge in [0.1, 0.15) is 25.2 Å². The maximum Gasteiger partial charge on any atom is 0.114 e. The minimum Gasteiger partial charge on any atom is -0.550 e. The second kappa shape index (κ2) is 19.4. The van der Waals surface area contributed by atoms with Crippen LogP contribution in [0.15, 0.2) is 91.0 Å². The molecule has 3 aromatic carbocycles. The molecule has 0 unspecified atom stereocenters. The lowest BCUT2D eigenvalue weighted by Gasteiger charge is -2.29. The third-order valence-corrected chi connectivity index (χ3v) is 5.75. The number of carboxylic acids is 3. The number of hydrogen-bond acceptors (Lipinski definition) is 7. The number of aliphatic hydroxyl groups is 1. The molecule has 0 aromatic heterocycles. The van der Waals surface area contributed by atoms with Gasteiger partial charge in [-0.05, 0) is 0 Å². The first kappa shape index (κ1) is 41.9. The smallest absolute Gasteiger partial charge is 0.114 e. The largest absolute Gasteiger partial charge is 0.550 e. The van der Waals surface area contributed by atoms with Crippen LogP contribution in [0.1, 0.15) is 29.5 Å². The van der Waals surface area contributed by atoms with E-state index >= 15 is 0 Å². The lowest BCUT2D eigenvalue weighted by molar-refractivity contribution is -0.884. The topological polar surface area (TPSA) is 141 Å². The number of carbonyl (C=O) groups is 3. The highest BCUT2D eigenvalue weighted by Crippen LogP contribution is 2.13. The summed E-state index contributed by atoms with van der Waals surface area (Å²) >= 11 is 0. The Bertz CT molecular complexity index is 1160. The van der Waals surface area contributed by atoms with Crippen molar-refractivity contribution >= 4 is 17.9 Å². The Labute approximate surface area is 275 Å². The third-order valence-electron chi connectivity index (χ3n) is 5.75. The minimum absolute atomic E-state index is 0.990. The van der Waals surface area contributed by atoms with E-state index in [-0.39, 0.29) is 0 Å². The second-order valence-electron chi connectivity index (χ2n) is 14.2. The van der Waals surface area contributed by atoms with Gasteiger partial charge in [-0.15, -0.1) is 0 Å². The van der Waals surface area contributed by atoms with Crippen molar-refractivity contribution in [2.24, 2.45) is 0 Å². The maximum atomic E-state index is 10.1. The van der Waals surface area contributed by atoms with Crippen molar-refractivity contribution in [3.63, 3.8) is 0 Å². The fourth-order valence-electron chi connectivity index (χ4n) is 4.08. The molecule has 1 N–H and O–H groups in total. The zero-order chi connectivity index (χ0) is 35.6. The van der Waals surface area contributed by atoms with E-state index in [1.807, 2.05) is 0 Å². The first-order valence-electron chi connectivity index (χ1n) is 14.9. The van der Waals surface area contributed by atoms with Crippen LogP contribution in [-0.2, 0) is 34.0 Å². The monoisotopic (exact) mass is 639 g/mol. The van der Waals surface area contributed by atoms with E-state index in [4.69, 9.17) is 5.11 Å². The summed E-state index contributed by atoms with van der Waals surface area (Å²) in [6.07, 6.45) is -2.72. The Morgan fingerprint density at radius 3 is 0.870 bits per heavy atom. The lowest BCUT2D eigenvalue weighted by atomic mass is 9.96. The Kier molecular flexibility index (Phi) is 17.7. The molecular formula is C36H53N3O7. The number of rotatable bonds is 11. The highest BCUT2D eigenvalue weighted by molar-refractivity contribution is 5.86. The number of carbonyl (C=O) groups excluding carboxylic acids is 3. The van der Waals surface area contributed by atoms with Crippen molar-refractivity contribution in [1.82, 2.24) is 0 Å². The summed E-state index contributed by atoms with van der Waals surface area (Å²) in [5.41, 5.74) is 1.23. The molecule has 0 spiro atoms. The summed E-state index contributed by atoms with van der Waals surface area (Å²) in [4.78, 5) is 30.0. The van der Waals surface area contributed by atoms with Crippen LogP contribution in [0.3, 0.4) is 0 Å². The van der Waals surface area contributed by atoms with Gasteiger partial charge in [0, 0.05) is 41.5 Å². The van der Waals surface area contributed by atoms with Gasteiger partial charge in [0.2, 0.25) is 0 Å². The molecule has 3 rings (SSSR count). The van der Waals surface area contributed by atoms with Gasteiger partial charge in [-0.1, -0.05) is 91.0 Å². The summed E-state index contributed by atoms with van der Waals surface area (Å²) in [7, 11) is 19.8. The van der Waals surface area contributed by atoms with Gasteiger partial charge in [0.05, 0.1) is 69.4 Å². The van der Waals surface area contributed by atoms with Crippen LogP contribution in [0.25, 0.3) is 0 Å². The van der Waals surface area contributed by atoms with Gasteiger partial charge < -0.3 is 48.3 Å². The molecule has 0 aliphatic carbocycles. The summed E-state index contributed by atoms with van der Waals surface area (Å²) in [5, 5.41) is 38.9. The zero-order valence-corrected chi connectivity index (χ0v) is 28.9. The molecular weight excluding hydrogens is 586 g/mol. The van der Waals surface area contributed by atoms with Crippen LogP contribution in [0.2, 0.25) is 0 Å². The van der Waals surface area contributed by atoms with Crippen LogP contribution < -0.4 is 15.3 Å². The Morgan fingerprint density at radius 1 is 0.500 bits per heavy atom. The first-order chi connectivity index (χ1) is 21.0. The van der Waals surface area contributed by atoms with E-state index in [0.717, 1.165) is 33.1 Å². The summed E-state index contributed by atoms with van der Waals surface area (Å²) < 4.78 is 2.97. The molecule has 10 heteroatoms.